The molecule has 1 saturated heterocycles. The molecule has 2 rings (SSSR count). The molecule has 0 radical (unpaired) electrons. The molecule has 1 N–H and O–H groups in total. The summed E-state index contributed by atoms with van der Waals surface area (Å²) in [6.07, 6.45) is 1.56. The molecule has 0 spiro atoms. The summed E-state index contributed by atoms with van der Waals surface area (Å²) in [6.45, 7) is 1.37. The first kappa shape index (κ1) is 15.2. The number of ether oxygens (including phenoxy) is 1. The van der Waals surface area contributed by atoms with E-state index >= 15 is 0 Å². The van der Waals surface area contributed by atoms with Gasteiger partial charge >= 0.3 is 5.69 Å². The van der Waals surface area contributed by atoms with E-state index in [1.807, 2.05) is 0 Å². The van der Waals surface area contributed by atoms with Gasteiger partial charge < -0.3 is 14.7 Å². The van der Waals surface area contributed by atoms with Gasteiger partial charge in [-0.25, -0.2) is 0 Å². The molecule has 1 unspecified atom stereocenters. The second kappa shape index (κ2) is 6.53. The van der Waals surface area contributed by atoms with Gasteiger partial charge in [0, 0.05) is 37.4 Å². The van der Waals surface area contributed by atoms with Crippen molar-refractivity contribution in [2.75, 3.05) is 26.8 Å². The van der Waals surface area contributed by atoms with Crippen LogP contribution in [0.15, 0.2) is 18.2 Å². The number of likely N-dealkylation sites (tertiary alicyclic amines) is 1. The third-order valence-electron chi connectivity index (χ3n) is 3.73. The van der Waals surface area contributed by atoms with E-state index < -0.39 is 4.92 Å². The Morgan fingerprint density at radius 1 is 1.57 bits per heavy atom. The normalized spacial score (nSPS) is 17.8. The number of amides is 1. The number of hydrogen-bond donors (Lipinski definition) is 1. The van der Waals surface area contributed by atoms with Crippen molar-refractivity contribution in [3.05, 3.63) is 33.9 Å². The Morgan fingerprint density at radius 2 is 2.33 bits per heavy atom. The molecular weight excluding hydrogens is 276 g/mol. The first-order valence-electron chi connectivity index (χ1n) is 6.79. The fraction of sp³-hybridized carbons (Fsp3) is 0.500. The average molecular weight is 294 g/mol. The van der Waals surface area contributed by atoms with E-state index in [9.17, 15) is 14.9 Å². The summed E-state index contributed by atoms with van der Waals surface area (Å²) in [4.78, 5) is 24.4. The number of benzene rings is 1. The molecule has 0 saturated carbocycles. The van der Waals surface area contributed by atoms with Crippen molar-refractivity contribution in [2.45, 2.75) is 12.8 Å². The largest absolute Gasteiger partial charge is 0.490 e. The molecule has 1 aliphatic heterocycles. The summed E-state index contributed by atoms with van der Waals surface area (Å²) in [5, 5.41) is 19.8. The SMILES string of the molecule is COc1cc(C(=O)N2CCC(CCO)C2)ccc1[N+](=O)[O-]. The summed E-state index contributed by atoms with van der Waals surface area (Å²) in [5.74, 6) is 0.236. The van der Waals surface area contributed by atoms with Crippen molar-refractivity contribution >= 4 is 11.6 Å². The Hall–Kier alpha value is -2.15. The number of carbonyl (C=O) groups is 1. The third kappa shape index (κ3) is 3.30. The maximum atomic E-state index is 12.4. The Labute approximate surface area is 122 Å². The minimum absolute atomic E-state index is 0.0805. The van der Waals surface area contributed by atoms with Crippen LogP contribution >= 0.6 is 0 Å². The molecule has 1 aromatic rings. The molecule has 1 aromatic carbocycles. The first-order valence-corrected chi connectivity index (χ1v) is 6.79. The van der Waals surface area contributed by atoms with Crippen LogP contribution in [0.3, 0.4) is 0 Å². The number of carbonyl (C=O) groups excluding carboxylic acids is 1. The molecule has 1 amide bonds. The second-order valence-corrected chi connectivity index (χ2v) is 5.06. The number of nitro benzene ring substituents is 1. The van der Waals surface area contributed by atoms with Gasteiger partial charge in [0.2, 0.25) is 0 Å². The molecular formula is C14H18N2O5. The van der Waals surface area contributed by atoms with Gasteiger partial charge in [-0.05, 0) is 24.8 Å². The summed E-state index contributed by atoms with van der Waals surface area (Å²) < 4.78 is 4.97. The molecule has 0 aromatic heterocycles. The van der Waals surface area contributed by atoms with E-state index in [1.165, 1.54) is 25.3 Å². The van der Waals surface area contributed by atoms with E-state index in [2.05, 4.69) is 0 Å². The second-order valence-electron chi connectivity index (χ2n) is 5.06. The monoisotopic (exact) mass is 294 g/mol. The Kier molecular flexibility index (Phi) is 4.74. The number of aliphatic hydroxyl groups is 1. The third-order valence-corrected chi connectivity index (χ3v) is 3.73. The van der Waals surface area contributed by atoms with Crippen molar-refractivity contribution < 1.29 is 19.6 Å². The molecule has 7 heteroatoms. The van der Waals surface area contributed by atoms with Gasteiger partial charge in [0.05, 0.1) is 12.0 Å². The van der Waals surface area contributed by atoms with E-state index in [-0.39, 0.29) is 24.0 Å². The minimum atomic E-state index is -0.541. The van der Waals surface area contributed by atoms with Crippen molar-refractivity contribution in [3.8, 4) is 5.75 Å². The van der Waals surface area contributed by atoms with Crippen LogP contribution in [0.1, 0.15) is 23.2 Å². The maximum Gasteiger partial charge on any atom is 0.310 e. The summed E-state index contributed by atoms with van der Waals surface area (Å²) in [5.41, 5.74) is 0.218. The van der Waals surface area contributed by atoms with Gasteiger partial charge in [0.25, 0.3) is 5.91 Å². The molecule has 114 valence electrons. The molecule has 1 heterocycles. The van der Waals surface area contributed by atoms with Crippen LogP contribution in [0.2, 0.25) is 0 Å². The lowest BCUT2D eigenvalue weighted by Crippen LogP contribution is -2.28. The predicted octanol–water partition coefficient (Wildman–Crippen LogP) is 1.45. The van der Waals surface area contributed by atoms with Crippen molar-refractivity contribution in [1.29, 1.82) is 0 Å². The average Bonchev–Trinajstić information content (AvgIpc) is 2.94. The molecule has 1 aliphatic rings. The van der Waals surface area contributed by atoms with E-state index in [0.717, 1.165) is 6.42 Å². The zero-order valence-corrected chi connectivity index (χ0v) is 11.8. The van der Waals surface area contributed by atoms with Crippen molar-refractivity contribution in [3.63, 3.8) is 0 Å². The highest BCUT2D eigenvalue weighted by atomic mass is 16.6. The zero-order valence-electron chi connectivity index (χ0n) is 11.8. The lowest BCUT2D eigenvalue weighted by atomic mass is 10.1. The highest BCUT2D eigenvalue weighted by molar-refractivity contribution is 5.95. The summed E-state index contributed by atoms with van der Waals surface area (Å²) in [6, 6.07) is 4.13. The van der Waals surface area contributed by atoms with Crippen molar-refractivity contribution in [2.24, 2.45) is 5.92 Å². The zero-order chi connectivity index (χ0) is 15.4. The van der Waals surface area contributed by atoms with Gasteiger partial charge in [-0.15, -0.1) is 0 Å². The highest BCUT2D eigenvalue weighted by Crippen LogP contribution is 2.29. The predicted molar refractivity (Wildman–Crippen MR) is 75.4 cm³/mol. The molecule has 1 atom stereocenters. The van der Waals surface area contributed by atoms with E-state index in [4.69, 9.17) is 9.84 Å². The molecule has 0 aliphatic carbocycles. The minimum Gasteiger partial charge on any atom is -0.490 e. The molecule has 7 nitrogen and oxygen atoms in total. The number of aliphatic hydroxyl groups excluding tert-OH is 1. The smallest absolute Gasteiger partial charge is 0.310 e. The Morgan fingerprint density at radius 3 is 2.95 bits per heavy atom. The van der Waals surface area contributed by atoms with Gasteiger partial charge in [-0.3, -0.25) is 14.9 Å². The highest BCUT2D eigenvalue weighted by Gasteiger charge is 2.27. The van der Waals surface area contributed by atoms with Crippen LogP contribution < -0.4 is 4.74 Å². The van der Waals surface area contributed by atoms with Crippen LogP contribution in [0.25, 0.3) is 0 Å². The fourth-order valence-corrected chi connectivity index (χ4v) is 2.58. The number of nitro groups is 1. The van der Waals surface area contributed by atoms with Crippen LogP contribution in [-0.4, -0.2) is 47.6 Å². The molecule has 0 bridgehead atoms. The topological polar surface area (TPSA) is 92.9 Å². The maximum absolute atomic E-state index is 12.4. The van der Waals surface area contributed by atoms with Gasteiger partial charge in [-0.1, -0.05) is 0 Å². The summed E-state index contributed by atoms with van der Waals surface area (Å²) in [7, 11) is 1.34. The van der Waals surface area contributed by atoms with E-state index in [1.54, 1.807) is 4.90 Å². The Balaban J connectivity index is 2.15. The first-order chi connectivity index (χ1) is 10.1. The van der Waals surface area contributed by atoms with Gasteiger partial charge in [0.15, 0.2) is 5.75 Å². The van der Waals surface area contributed by atoms with Crippen LogP contribution in [0.4, 0.5) is 5.69 Å². The number of nitrogens with zero attached hydrogens (tertiary/aromatic N) is 2. The lowest BCUT2D eigenvalue weighted by molar-refractivity contribution is -0.385. The quantitative estimate of drug-likeness (QED) is 0.655. The fourth-order valence-electron chi connectivity index (χ4n) is 2.58. The van der Waals surface area contributed by atoms with Gasteiger partial charge in [-0.2, -0.15) is 0 Å². The van der Waals surface area contributed by atoms with Crippen molar-refractivity contribution in [1.82, 2.24) is 4.90 Å². The molecule has 1 fully saturated rings. The summed E-state index contributed by atoms with van der Waals surface area (Å²) >= 11 is 0. The van der Waals surface area contributed by atoms with Crippen LogP contribution in [0, 0.1) is 16.0 Å². The van der Waals surface area contributed by atoms with Crippen LogP contribution in [-0.2, 0) is 0 Å². The number of hydrogen-bond acceptors (Lipinski definition) is 5. The number of methoxy groups -OCH3 is 1. The lowest BCUT2D eigenvalue weighted by Gasteiger charge is -2.16. The van der Waals surface area contributed by atoms with E-state index in [0.29, 0.717) is 31.0 Å². The Bertz CT molecular complexity index is 546. The molecule has 21 heavy (non-hydrogen) atoms. The van der Waals surface area contributed by atoms with Crippen LogP contribution in [0.5, 0.6) is 5.75 Å². The number of rotatable bonds is 5. The standard InChI is InChI=1S/C14H18N2O5/c1-21-13-8-11(2-3-12(13)16(19)20)14(18)15-6-4-10(9-15)5-7-17/h2-3,8,10,17H,4-7,9H2,1H3. The van der Waals surface area contributed by atoms with Gasteiger partial charge in [0.1, 0.15) is 0 Å².